The van der Waals surface area contributed by atoms with E-state index in [1.807, 2.05) is 31.2 Å². The number of non-ortho nitro benzene ring substituents is 1. The van der Waals surface area contributed by atoms with Crippen molar-refractivity contribution in [3.05, 3.63) is 57.3 Å². The highest BCUT2D eigenvalue weighted by atomic mass is 35.5. The lowest BCUT2D eigenvalue weighted by Gasteiger charge is -2.33. The number of aryl methyl sites for hydroxylation is 1. The summed E-state index contributed by atoms with van der Waals surface area (Å²) in [4.78, 5) is 15.9. The van der Waals surface area contributed by atoms with Crippen LogP contribution in [0, 0.1) is 22.2 Å². The Hall–Kier alpha value is -2.48. The standard InChI is InChI=1S/C19H22N4O3.ClH/c1-13-9-10-16(22(24)25)17-18(13)21-15-8-5-4-7-14(15)19(17)20-11-6-12-23(2,3)26;/h4-5,7-10H,6,11-12H2,1-3H3,(H,20,21);1H. The van der Waals surface area contributed by atoms with Gasteiger partial charge in [0.05, 0.1) is 42.3 Å². The largest absolute Gasteiger partial charge is 0.633 e. The Bertz CT molecular complexity index is 986. The van der Waals surface area contributed by atoms with Gasteiger partial charge < -0.3 is 15.2 Å². The topological polar surface area (TPSA) is 91.1 Å². The lowest BCUT2D eigenvalue weighted by atomic mass is 10.0. The molecule has 2 aromatic carbocycles. The zero-order valence-corrected chi connectivity index (χ0v) is 16.4. The number of fused-ring (bicyclic) bond motifs is 2. The van der Waals surface area contributed by atoms with Gasteiger partial charge in [-0.25, -0.2) is 4.98 Å². The molecular weight excluding hydrogens is 368 g/mol. The first kappa shape index (κ1) is 20.8. The number of rotatable bonds is 6. The van der Waals surface area contributed by atoms with E-state index in [2.05, 4.69) is 10.3 Å². The third-order valence-corrected chi connectivity index (χ3v) is 4.39. The molecule has 3 aromatic rings. The predicted octanol–water partition coefficient (Wildman–Crippen LogP) is 4.40. The van der Waals surface area contributed by atoms with Gasteiger partial charge in [-0.15, -0.1) is 12.4 Å². The fraction of sp³-hybridized carbons (Fsp3) is 0.316. The molecule has 0 atom stereocenters. The van der Waals surface area contributed by atoms with E-state index in [0.29, 0.717) is 36.1 Å². The van der Waals surface area contributed by atoms with Gasteiger partial charge in [0.1, 0.15) is 5.39 Å². The van der Waals surface area contributed by atoms with Crippen molar-refractivity contribution in [2.75, 3.05) is 32.5 Å². The van der Waals surface area contributed by atoms with Crippen LogP contribution >= 0.6 is 12.4 Å². The summed E-state index contributed by atoms with van der Waals surface area (Å²) in [7, 11) is 3.21. The Kier molecular flexibility index (Phi) is 6.20. The van der Waals surface area contributed by atoms with Gasteiger partial charge in [0.25, 0.3) is 5.69 Å². The van der Waals surface area contributed by atoms with Gasteiger partial charge in [0.15, 0.2) is 0 Å². The van der Waals surface area contributed by atoms with Crippen LogP contribution in [0.15, 0.2) is 36.4 Å². The van der Waals surface area contributed by atoms with Gasteiger partial charge in [-0.3, -0.25) is 10.1 Å². The summed E-state index contributed by atoms with van der Waals surface area (Å²) in [5.41, 5.74) is 3.03. The molecule has 144 valence electrons. The molecule has 1 N–H and O–H groups in total. The summed E-state index contributed by atoms with van der Waals surface area (Å²) in [5, 5.41) is 28.0. The molecule has 0 aliphatic carbocycles. The fourth-order valence-corrected chi connectivity index (χ4v) is 3.12. The summed E-state index contributed by atoms with van der Waals surface area (Å²) in [6, 6.07) is 10.8. The van der Waals surface area contributed by atoms with E-state index in [4.69, 9.17) is 0 Å². The van der Waals surface area contributed by atoms with Gasteiger partial charge in [-0.05, 0) is 18.6 Å². The highest BCUT2D eigenvalue weighted by molar-refractivity contribution is 6.11. The number of quaternary nitrogens is 1. The number of nitrogens with zero attached hydrogens (tertiary/aromatic N) is 3. The Labute approximate surface area is 163 Å². The number of para-hydroxylation sites is 1. The number of aromatic nitrogens is 1. The number of nitrogens with one attached hydrogen (secondary N) is 1. The van der Waals surface area contributed by atoms with Crippen molar-refractivity contribution in [2.24, 2.45) is 0 Å². The molecule has 0 aliphatic rings. The maximum atomic E-state index is 11.7. The van der Waals surface area contributed by atoms with Crippen LogP contribution in [-0.2, 0) is 0 Å². The minimum absolute atomic E-state index is 0. The Morgan fingerprint density at radius 2 is 1.89 bits per heavy atom. The van der Waals surface area contributed by atoms with Crippen molar-refractivity contribution in [3.8, 4) is 0 Å². The minimum atomic E-state index is -0.374. The number of nitro benzene ring substituents is 1. The molecule has 7 nitrogen and oxygen atoms in total. The zero-order chi connectivity index (χ0) is 18.9. The van der Waals surface area contributed by atoms with Crippen molar-refractivity contribution in [1.29, 1.82) is 0 Å². The molecule has 1 aromatic heterocycles. The van der Waals surface area contributed by atoms with Crippen molar-refractivity contribution in [3.63, 3.8) is 0 Å². The maximum absolute atomic E-state index is 11.7. The third kappa shape index (κ3) is 4.44. The molecule has 0 bridgehead atoms. The lowest BCUT2D eigenvalue weighted by molar-refractivity contribution is -0.839. The van der Waals surface area contributed by atoms with Crippen LogP contribution in [0.4, 0.5) is 11.4 Å². The van der Waals surface area contributed by atoms with Crippen molar-refractivity contribution >= 4 is 45.6 Å². The number of nitro groups is 1. The molecule has 0 aliphatic heterocycles. The van der Waals surface area contributed by atoms with Crippen LogP contribution in [0.2, 0.25) is 0 Å². The fourth-order valence-electron chi connectivity index (χ4n) is 3.12. The summed E-state index contributed by atoms with van der Waals surface area (Å²) >= 11 is 0. The van der Waals surface area contributed by atoms with E-state index in [-0.39, 0.29) is 27.7 Å². The second-order valence-electron chi connectivity index (χ2n) is 6.96. The first-order valence-corrected chi connectivity index (χ1v) is 8.52. The van der Waals surface area contributed by atoms with Crippen LogP contribution in [0.25, 0.3) is 21.8 Å². The van der Waals surface area contributed by atoms with E-state index in [1.54, 1.807) is 20.2 Å². The molecule has 27 heavy (non-hydrogen) atoms. The van der Waals surface area contributed by atoms with Crippen LogP contribution in [0.3, 0.4) is 0 Å². The Morgan fingerprint density at radius 1 is 1.19 bits per heavy atom. The number of halogens is 1. The van der Waals surface area contributed by atoms with Crippen molar-refractivity contribution in [2.45, 2.75) is 13.3 Å². The molecule has 0 unspecified atom stereocenters. The van der Waals surface area contributed by atoms with Gasteiger partial charge in [-0.2, -0.15) is 0 Å². The molecule has 0 spiro atoms. The summed E-state index contributed by atoms with van der Waals surface area (Å²) in [6.07, 6.45) is 0.661. The highest BCUT2D eigenvalue weighted by Crippen LogP contribution is 2.37. The summed E-state index contributed by atoms with van der Waals surface area (Å²) < 4.78 is -0.362. The number of anilines is 1. The zero-order valence-electron chi connectivity index (χ0n) is 15.6. The highest BCUT2D eigenvalue weighted by Gasteiger charge is 2.20. The number of benzene rings is 2. The number of pyridine rings is 1. The van der Waals surface area contributed by atoms with Crippen LogP contribution in [-0.4, -0.2) is 41.7 Å². The van der Waals surface area contributed by atoms with Gasteiger partial charge >= 0.3 is 0 Å². The van der Waals surface area contributed by atoms with Gasteiger partial charge in [-0.1, -0.05) is 24.3 Å². The number of hydroxylamine groups is 3. The van der Waals surface area contributed by atoms with Crippen LogP contribution < -0.4 is 5.32 Å². The lowest BCUT2D eigenvalue weighted by Crippen LogP contribution is -2.34. The van der Waals surface area contributed by atoms with Crippen molar-refractivity contribution < 1.29 is 9.57 Å². The molecule has 0 fully saturated rings. The monoisotopic (exact) mass is 390 g/mol. The second-order valence-corrected chi connectivity index (χ2v) is 6.96. The SMILES string of the molecule is Cc1ccc([N+](=O)[O-])c2c(NCCC[N+](C)(C)[O-])c3ccccc3nc12.Cl. The Balaban J connectivity index is 0.00000261. The smallest absolute Gasteiger partial charge is 0.280 e. The number of hydrogen-bond donors (Lipinski definition) is 1. The molecule has 0 radical (unpaired) electrons. The van der Waals surface area contributed by atoms with E-state index >= 15 is 0 Å². The summed E-state index contributed by atoms with van der Waals surface area (Å²) in [5.74, 6) is 0. The van der Waals surface area contributed by atoms with E-state index in [9.17, 15) is 15.3 Å². The van der Waals surface area contributed by atoms with Crippen molar-refractivity contribution in [1.82, 2.24) is 4.98 Å². The predicted molar refractivity (Wildman–Crippen MR) is 111 cm³/mol. The molecule has 0 saturated heterocycles. The third-order valence-electron chi connectivity index (χ3n) is 4.39. The first-order chi connectivity index (χ1) is 12.3. The van der Waals surface area contributed by atoms with Crippen LogP contribution in [0.5, 0.6) is 0 Å². The molecule has 3 rings (SSSR count). The molecule has 8 heteroatoms. The quantitative estimate of drug-likeness (QED) is 0.221. The Morgan fingerprint density at radius 3 is 2.56 bits per heavy atom. The average Bonchev–Trinajstić information content (AvgIpc) is 2.57. The van der Waals surface area contributed by atoms with Crippen LogP contribution in [0.1, 0.15) is 12.0 Å². The van der Waals surface area contributed by atoms with E-state index in [1.165, 1.54) is 6.07 Å². The van der Waals surface area contributed by atoms with E-state index in [0.717, 1.165) is 16.5 Å². The average molecular weight is 391 g/mol. The molecular formula is C19H23ClN4O3. The van der Waals surface area contributed by atoms with Gasteiger partial charge in [0.2, 0.25) is 0 Å². The van der Waals surface area contributed by atoms with Gasteiger partial charge in [0, 0.05) is 24.4 Å². The second kappa shape index (κ2) is 8.04. The first-order valence-electron chi connectivity index (χ1n) is 8.52. The molecule has 0 amide bonds. The molecule has 0 saturated carbocycles. The number of hydrogen-bond acceptors (Lipinski definition) is 5. The molecule has 1 heterocycles. The summed E-state index contributed by atoms with van der Waals surface area (Å²) in [6.45, 7) is 2.92. The maximum Gasteiger partial charge on any atom is 0.280 e. The normalized spacial score (nSPS) is 11.4. The minimum Gasteiger partial charge on any atom is -0.633 e. The van der Waals surface area contributed by atoms with E-state index < -0.39 is 0 Å².